The van der Waals surface area contributed by atoms with Gasteiger partial charge in [-0.05, 0) is 68.8 Å². The number of aromatic nitrogens is 1. The van der Waals surface area contributed by atoms with E-state index in [0.717, 1.165) is 11.3 Å². The van der Waals surface area contributed by atoms with Crippen LogP contribution in [0.3, 0.4) is 0 Å². The second-order valence-corrected chi connectivity index (χ2v) is 9.97. The zero-order valence-electron chi connectivity index (χ0n) is 22.2. The molecule has 8 nitrogen and oxygen atoms in total. The van der Waals surface area contributed by atoms with Crippen LogP contribution in [0.15, 0.2) is 60.8 Å². The molecule has 3 aromatic rings. The lowest BCUT2D eigenvalue weighted by Crippen LogP contribution is -2.25. The molecule has 3 N–H and O–H groups in total. The molecule has 0 fully saturated rings. The van der Waals surface area contributed by atoms with Gasteiger partial charge in [0.2, 0.25) is 0 Å². The second kappa shape index (κ2) is 16.0. The molecule has 0 saturated carbocycles. The summed E-state index contributed by atoms with van der Waals surface area (Å²) in [5.41, 5.74) is 7.77. The Kier molecular flexibility index (Phi) is 13.8. The number of methoxy groups -OCH3 is 1. The summed E-state index contributed by atoms with van der Waals surface area (Å²) in [6.45, 7) is 5.58. The van der Waals surface area contributed by atoms with Crippen LogP contribution in [-0.2, 0) is 27.2 Å². The van der Waals surface area contributed by atoms with E-state index in [1.165, 1.54) is 13.2 Å². The topological polar surface area (TPSA) is 121 Å². The van der Waals surface area contributed by atoms with E-state index in [-0.39, 0.29) is 42.5 Å². The molecular weight excluding hydrogens is 561 g/mol. The zero-order chi connectivity index (χ0) is 28.3. The highest BCUT2D eigenvalue weighted by Crippen LogP contribution is 2.22. The molecule has 210 valence electrons. The molecular formula is C28H33Cl2N3O5S. The molecule has 11 heteroatoms. The smallest absolute Gasteiger partial charge is 0.340 e. The van der Waals surface area contributed by atoms with Crippen molar-refractivity contribution >= 4 is 60.2 Å². The number of hydrogen-bond acceptors (Lipinski definition) is 7. The summed E-state index contributed by atoms with van der Waals surface area (Å²) < 4.78 is 9.81. The van der Waals surface area contributed by atoms with Gasteiger partial charge in [0.15, 0.2) is 0 Å². The van der Waals surface area contributed by atoms with Crippen LogP contribution in [0, 0.1) is 0 Å². The summed E-state index contributed by atoms with van der Waals surface area (Å²) >= 11 is 12.0. The predicted molar refractivity (Wildman–Crippen MR) is 159 cm³/mol. The van der Waals surface area contributed by atoms with Gasteiger partial charge in [0, 0.05) is 35.6 Å². The van der Waals surface area contributed by atoms with E-state index in [1.807, 2.05) is 18.2 Å². The van der Waals surface area contributed by atoms with Crippen LogP contribution in [0.25, 0.3) is 0 Å². The SMILES string of the molecule is CC(C)(C)OC(=O)c1ccc(CNC(=O)c2ccc(Cl)cc2N)cc1Cl.COC(=O)CCc1ccccn1.S. The summed E-state index contributed by atoms with van der Waals surface area (Å²) in [6, 6.07) is 15.2. The molecule has 0 aliphatic heterocycles. The maximum atomic E-state index is 12.2. The van der Waals surface area contributed by atoms with Crippen LogP contribution in [0.5, 0.6) is 0 Å². The van der Waals surface area contributed by atoms with Crippen molar-refractivity contribution < 1.29 is 23.9 Å². The average molecular weight is 595 g/mol. The van der Waals surface area contributed by atoms with Gasteiger partial charge in [-0.3, -0.25) is 14.6 Å². The Labute approximate surface area is 245 Å². The first-order chi connectivity index (χ1) is 17.9. The summed E-state index contributed by atoms with van der Waals surface area (Å²) in [5.74, 6) is -1.01. The fourth-order valence-electron chi connectivity index (χ4n) is 3.06. The molecule has 0 aliphatic carbocycles. The minimum absolute atomic E-state index is 0. The Balaban J connectivity index is 0.000000492. The average Bonchev–Trinajstić information content (AvgIpc) is 2.85. The monoisotopic (exact) mass is 593 g/mol. The summed E-state index contributed by atoms with van der Waals surface area (Å²) in [7, 11) is 1.39. The summed E-state index contributed by atoms with van der Waals surface area (Å²) in [5, 5.41) is 3.48. The third kappa shape index (κ3) is 12.0. The van der Waals surface area contributed by atoms with E-state index in [0.29, 0.717) is 29.1 Å². The third-order valence-corrected chi connectivity index (χ3v) is 5.45. The molecule has 0 spiro atoms. The molecule has 1 heterocycles. The number of rotatable bonds is 7. The number of ether oxygens (including phenoxy) is 2. The number of amides is 1. The Morgan fingerprint density at radius 2 is 1.69 bits per heavy atom. The Morgan fingerprint density at radius 1 is 1.00 bits per heavy atom. The Morgan fingerprint density at radius 3 is 2.26 bits per heavy atom. The first-order valence-electron chi connectivity index (χ1n) is 11.7. The van der Waals surface area contributed by atoms with Gasteiger partial charge in [0.25, 0.3) is 5.91 Å². The highest BCUT2D eigenvalue weighted by molar-refractivity contribution is 7.59. The van der Waals surface area contributed by atoms with E-state index in [2.05, 4.69) is 15.0 Å². The molecule has 0 radical (unpaired) electrons. The van der Waals surface area contributed by atoms with Crippen LogP contribution in [0.4, 0.5) is 5.69 Å². The fraction of sp³-hybridized carbons (Fsp3) is 0.286. The minimum atomic E-state index is -0.606. The number of nitrogen functional groups attached to an aromatic ring is 1. The molecule has 0 bridgehead atoms. The number of nitrogens with two attached hydrogens (primary N) is 1. The zero-order valence-corrected chi connectivity index (χ0v) is 24.7. The van der Waals surface area contributed by atoms with E-state index in [4.69, 9.17) is 33.7 Å². The number of pyridine rings is 1. The van der Waals surface area contributed by atoms with Crippen LogP contribution in [-0.4, -0.2) is 35.5 Å². The molecule has 39 heavy (non-hydrogen) atoms. The highest BCUT2D eigenvalue weighted by atomic mass is 35.5. The number of halogens is 2. The highest BCUT2D eigenvalue weighted by Gasteiger charge is 2.20. The van der Waals surface area contributed by atoms with Gasteiger partial charge >= 0.3 is 11.9 Å². The molecule has 0 aliphatic rings. The Bertz CT molecular complexity index is 1270. The first kappa shape index (κ1) is 33.8. The van der Waals surface area contributed by atoms with Gasteiger partial charge in [-0.15, -0.1) is 0 Å². The van der Waals surface area contributed by atoms with Gasteiger partial charge in [-0.1, -0.05) is 35.3 Å². The number of nitrogens with one attached hydrogen (secondary N) is 1. The van der Waals surface area contributed by atoms with Crippen LogP contribution < -0.4 is 11.1 Å². The van der Waals surface area contributed by atoms with Crippen molar-refractivity contribution in [3.05, 3.63) is 93.2 Å². The number of anilines is 1. The normalized spacial score (nSPS) is 10.3. The van der Waals surface area contributed by atoms with E-state index >= 15 is 0 Å². The van der Waals surface area contributed by atoms with Gasteiger partial charge in [-0.25, -0.2) is 4.79 Å². The van der Waals surface area contributed by atoms with Crippen molar-refractivity contribution in [2.75, 3.05) is 12.8 Å². The first-order valence-corrected chi connectivity index (χ1v) is 12.5. The quantitative estimate of drug-likeness (QED) is 0.264. The number of nitrogens with zero attached hydrogens (tertiary/aromatic N) is 1. The van der Waals surface area contributed by atoms with E-state index in [9.17, 15) is 14.4 Å². The minimum Gasteiger partial charge on any atom is -0.469 e. The molecule has 2 aromatic carbocycles. The fourth-order valence-corrected chi connectivity index (χ4v) is 3.52. The Hall–Kier alpha value is -3.27. The number of benzene rings is 2. The van der Waals surface area contributed by atoms with Crippen molar-refractivity contribution in [3.8, 4) is 0 Å². The lowest BCUT2D eigenvalue weighted by atomic mass is 10.1. The van der Waals surface area contributed by atoms with Crippen molar-refractivity contribution in [2.45, 2.75) is 45.8 Å². The molecule has 0 atom stereocenters. The van der Waals surface area contributed by atoms with Crippen LogP contribution in [0.2, 0.25) is 10.0 Å². The van der Waals surface area contributed by atoms with Gasteiger partial charge in [0.05, 0.1) is 29.7 Å². The van der Waals surface area contributed by atoms with Crippen molar-refractivity contribution in [3.63, 3.8) is 0 Å². The number of hydrogen-bond donors (Lipinski definition) is 2. The molecule has 0 unspecified atom stereocenters. The van der Waals surface area contributed by atoms with Crippen molar-refractivity contribution in [1.29, 1.82) is 0 Å². The summed E-state index contributed by atoms with van der Waals surface area (Å²) in [6.07, 6.45) is 2.76. The van der Waals surface area contributed by atoms with Crippen LogP contribution >= 0.6 is 36.7 Å². The summed E-state index contributed by atoms with van der Waals surface area (Å²) in [4.78, 5) is 39.1. The number of esters is 2. The molecule has 0 saturated heterocycles. The lowest BCUT2D eigenvalue weighted by Gasteiger charge is -2.20. The van der Waals surface area contributed by atoms with Gasteiger partial charge in [-0.2, -0.15) is 13.5 Å². The van der Waals surface area contributed by atoms with Gasteiger partial charge in [0.1, 0.15) is 5.60 Å². The second-order valence-electron chi connectivity index (χ2n) is 9.13. The third-order valence-electron chi connectivity index (χ3n) is 4.90. The predicted octanol–water partition coefficient (Wildman–Crippen LogP) is 5.76. The molecule has 3 rings (SSSR count). The standard InChI is InChI=1S/C19H20Cl2N2O3.C9H11NO2.H2S/c1-19(2,3)26-18(25)13-6-4-11(8-15(13)21)10-23-17(24)14-7-5-12(20)9-16(14)22;1-12-9(11)6-5-8-4-2-3-7-10-8;/h4-9H,10,22H2,1-3H3,(H,23,24);2-4,7H,5-6H2,1H3;1H2. The van der Waals surface area contributed by atoms with E-state index < -0.39 is 11.6 Å². The maximum absolute atomic E-state index is 12.2. The lowest BCUT2D eigenvalue weighted by molar-refractivity contribution is -0.140. The number of carbonyl (C=O) groups excluding carboxylic acids is 3. The van der Waals surface area contributed by atoms with Crippen molar-refractivity contribution in [2.24, 2.45) is 0 Å². The van der Waals surface area contributed by atoms with E-state index in [1.54, 1.807) is 57.3 Å². The van der Waals surface area contributed by atoms with Gasteiger partial charge < -0.3 is 20.5 Å². The largest absolute Gasteiger partial charge is 0.469 e. The maximum Gasteiger partial charge on any atom is 0.340 e. The van der Waals surface area contributed by atoms with Crippen molar-refractivity contribution in [1.82, 2.24) is 10.3 Å². The number of carbonyl (C=O) groups is 3. The number of aryl methyl sites for hydroxylation is 1. The molecule has 1 aromatic heterocycles. The van der Waals surface area contributed by atoms with Crippen LogP contribution in [0.1, 0.15) is 59.2 Å². The molecule has 1 amide bonds.